The van der Waals surface area contributed by atoms with E-state index in [4.69, 9.17) is 14.2 Å². The van der Waals surface area contributed by atoms with Crippen LogP contribution in [0, 0.1) is 0 Å². The maximum atomic E-state index is 12.4. The van der Waals surface area contributed by atoms with E-state index >= 15 is 0 Å². The molecule has 2 aromatic carbocycles. The van der Waals surface area contributed by atoms with E-state index in [1.54, 1.807) is 44.6 Å². The van der Waals surface area contributed by atoms with Crippen molar-refractivity contribution >= 4 is 38.1 Å². The summed E-state index contributed by atoms with van der Waals surface area (Å²) in [4.78, 5) is 11.0. The van der Waals surface area contributed by atoms with Gasteiger partial charge < -0.3 is 24.4 Å². The number of aromatic nitrogens is 2. The quantitative estimate of drug-likeness (QED) is 0.548. The summed E-state index contributed by atoms with van der Waals surface area (Å²) < 4.78 is 43.5. The van der Waals surface area contributed by atoms with Gasteiger partial charge in [0.1, 0.15) is 12.1 Å². The Balaban J connectivity index is 1.83. The largest absolute Gasteiger partial charge is 0.493 e. The Morgan fingerprint density at radius 1 is 1.03 bits per heavy atom. The second-order valence-electron chi connectivity index (χ2n) is 7.06. The van der Waals surface area contributed by atoms with Gasteiger partial charge in [0.2, 0.25) is 10.0 Å². The number of methoxy groups -OCH3 is 2. The highest BCUT2D eigenvalue weighted by Crippen LogP contribution is 2.37. The average molecular weight is 460 g/mol. The van der Waals surface area contributed by atoms with Crippen molar-refractivity contribution in [2.45, 2.75) is 4.90 Å². The van der Waals surface area contributed by atoms with Crippen LogP contribution in [0.5, 0.6) is 11.5 Å². The summed E-state index contributed by atoms with van der Waals surface area (Å²) >= 11 is 0. The molecule has 0 spiro atoms. The third kappa shape index (κ3) is 4.27. The van der Waals surface area contributed by atoms with Crippen LogP contribution in [0.3, 0.4) is 0 Å². The van der Waals surface area contributed by atoms with Crippen LogP contribution in [0.15, 0.2) is 41.6 Å². The van der Waals surface area contributed by atoms with Crippen LogP contribution in [0.2, 0.25) is 0 Å². The lowest BCUT2D eigenvalue weighted by atomic mass is 10.2. The zero-order chi connectivity index (χ0) is 22.7. The number of hydrogen-bond donors (Lipinski definition) is 2. The summed E-state index contributed by atoms with van der Waals surface area (Å²) in [6.45, 7) is 2.59. The lowest BCUT2D eigenvalue weighted by molar-refractivity contribution is 0.123. The molecule has 1 fully saturated rings. The van der Waals surface area contributed by atoms with Gasteiger partial charge in [-0.25, -0.2) is 23.1 Å². The zero-order valence-corrected chi connectivity index (χ0v) is 18.9. The number of nitrogens with one attached hydrogen (secondary N) is 2. The SMILES string of the molecule is CNS(=O)(=O)c1ccc(N2CCOCC2)c(Nc2ncnc3cc(OC)c(OC)cc23)c1. The first kappa shape index (κ1) is 22.1. The van der Waals surface area contributed by atoms with Crippen molar-refractivity contribution in [2.75, 3.05) is 57.8 Å². The fourth-order valence-electron chi connectivity index (χ4n) is 3.59. The van der Waals surface area contributed by atoms with Crippen LogP contribution in [-0.4, -0.2) is 66.0 Å². The summed E-state index contributed by atoms with van der Waals surface area (Å²) in [5.41, 5.74) is 2.13. The van der Waals surface area contributed by atoms with Crippen molar-refractivity contribution in [1.82, 2.24) is 14.7 Å². The third-order valence-electron chi connectivity index (χ3n) is 5.29. The summed E-state index contributed by atoms with van der Waals surface area (Å²) in [6, 6.07) is 8.55. The Morgan fingerprint density at radius 2 is 1.75 bits per heavy atom. The van der Waals surface area contributed by atoms with E-state index in [2.05, 4.69) is 24.9 Å². The lowest BCUT2D eigenvalue weighted by Gasteiger charge is -2.31. The molecule has 170 valence electrons. The molecule has 0 atom stereocenters. The van der Waals surface area contributed by atoms with E-state index in [9.17, 15) is 8.42 Å². The maximum Gasteiger partial charge on any atom is 0.240 e. The Morgan fingerprint density at radius 3 is 2.44 bits per heavy atom. The molecular weight excluding hydrogens is 434 g/mol. The number of anilines is 3. The smallest absolute Gasteiger partial charge is 0.240 e. The minimum absolute atomic E-state index is 0.150. The molecule has 1 aliphatic heterocycles. The molecule has 1 aliphatic rings. The van der Waals surface area contributed by atoms with Crippen LogP contribution in [0.25, 0.3) is 10.9 Å². The number of sulfonamides is 1. The zero-order valence-electron chi connectivity index (χ0n) is 18.1. The van der Waals surface area contributed by atoms with Gasteiger partial charge in [-0.15, -0.1) is 0 Å². The number of fused-ring (bicyclic) bond motifs is 1. The molecule has 0 aliphatic carbocycles. The molecule has 4 rings (SSSR count). The molecule has 11 heteroatoms. The normalized spacial score (nSPS) is 14.4. The second-order valence-corrected chi connectivity index (χ2v) is 8.94. The molecule has 2 N–H and O–H groups in total. The molecule has 10 nitrogen and oxygen atoms in total. The molecular formula is C21H25N5O5S. The van der Waals surface area contributed by atoms with Crippen LogP contribution in [0.1, 0.15) is 0 Å². The highest BCUT2D eigenvalue weighted by Gasteiger charge is 2.20. The van der Waals surface area contributed by atoms with Gasteiger partial charge in [0.25, 0.3) is 0 Å². The molecule has 32 heavy (non-hydrogen) atoms. The van der Waals surface area contributed by atoms with Crippen LogP contribution >= 0.6 is 0 Å². The summed E-state index contributed by atoms with van der Waals surface area (Å²) in [6.07, 6.45) is 1.44. The fraction of sp³-hybridized carbons (Fsp3) is 0.333. The number of nitrogens with zero attached hydrogens (tertiary/aromatic N) is 3. The van der Waals surface area contributed by atoms with Gasteiger partial charge in [-0.3, -0.25) is 0 Å². The number of rotatable bonds is 7. The first-order chi connectivity index (χ1) is 15.5. The van der Waals surface area contributed by atoms with Gasteiger partial charge in [-0.05, 0) is 31.3 Å². The van der Waals surface area contributed by atoms with Crippen molar-refractivity contribution in [1.29, 1.82) is 0 Å². The molecule has 3 aromatic rings. The molecule has 0 radical (unpaired) electrons. The average Bonchev–Trinajstić information content (AvgIpc) is 2.83. The van der Waals surface area contributed by atoms with Crippen molar-refractivity contribution in [2.24, 2.45) is 0 Å². The van der Waals surface area contributed by atoms with Crippen LogP contribution in [-0.2, 0) is 14.8 Å². The van der Waals surface area contributed by atoms with E-state index in [1.807, 2.05) is 0 Å². The molecule has 1 saturated heterocycles. The molecule has 2 heterocycles. The van der Waals surface area contributed by atoms with E-state index in [0.29, 0.717) is 60.2 Å². The van der Waals surface area contributed by atoms with Gasteiger partial charge >= 0.3 is 0 Å². The summed E-state index contributed by atoms with van der Waals surface area (Å²) in [5.74, 6) is 1.61. The lowest BCUT2D eigenvalue weighted by Crippen LogP contribution is -2.36. The Hall–Kier alpha value is -3.15. The molecule has 1 aromatic heterocycles. The van der Waals surface area contributed by atoms with E-state index in [0.717, 1.165) is 5.69 Å². The van der Waals surface area contributed by atoms with E-state index < -0.39 is 10.0 Å². The Labute approximate surface area is 186 Å². The first-order valence-electron chi connectivity index (χ1n) is 10.0. The van der Waals surface area contributed by atoms with Crippen molar-refractivity contribution in [3.63, 3.8) is 0 Å². The summed E-state index contributed by atoms with van der Waals surface area (Å²) in [5, 5.41) is 4.02. The van der Waals surface area contributed by atoms with Crippen molar-refractivity contribution in [3.8, 4) is 11.5 Å². The third-order valence-corrected chi connectivity index (χ3v) is 6.70. The molecule has 0 unspecified atom stereocenters. The number of ether oxygens (including phenoxy) is 3. The van der Waals surface area contributed by atoms with Crippen molar-refractivity contribution < 1.29 is 22.6 Å². The van der Waals surface area contributed by atoms with E-state index in [1.165, 1.54) is 13.4 Å². The van der Waals surface area contributed by atoms with Crippen molar-refractivity contribution in [3.05, 3.63) is 36.7 Å². The topological polar surface area (TPSA) is 115 Å². The van der Waals surface area contributed by atoms with E-state index in [-0.39, 0.29) is 4.90 Å². The Bertz CT molecular complexity index is 1230. The number of hydrogen-bond acceptors (Lipinski definition) is 9. The van der Waals surface area contributed by atoms with Gasteiger partial charge in [0.05, 0.1) is 49.2 Å². The van der Waals surface area contributed by atoms with Gasteiger partial charge in [-0.2, -0.15) is 0 Å². The van der Waals surface area contributed by atoms with Gasteiger partial charge in [0, 0.05) is 24.5 Å². The standard InChI is InChI=1S/C21H25N5O5S/c1-22-32(27,28)14-4-5-18(26-6-8-31-9-7-26)17(10-14)25-21-15-11-19(29-2)20(30-3)12-16(15)23-13-24-21/h4-5,10-13,22H,6-9H2,1-3H3,(H,23,24,25). The van der Waals surface area contributed by atoms with Gasteiger partial charge in [0.15, 0.2) is 11.5 Å². The monoisotopic (exact) mass is 459 g/mol. The first-order valence-corrected chi connectivity index (χ1v) is 11.5. The Kier molecular flexibility index (Phi) is 6.31. The molecule has 0 amide bonds. The van der Waals surface area contributed by atoms with Gasteiger partial charge in [-0.1, -0.05) is 0 Å². The number of benzene rings is 2. The van der Waals surface area contributed by atoms with Crippen LogP contribution < -0.4 is 24.4 Å². The summed E-state index contributed by atoms with van der Waals surface area (Å²) in [7, 11) is 0.880. The molecule has 0 bridgehead atoms. The van der Waals surface area contributed by atoms with Crippen LogP contribution in [0.4, 0.5) is 17.2 Å². The minimum Gasteiger partial charge on any atom is -0.493 e. The maximum absolute atomic E-state index is 12.4. The highest BCUT2D eigenvalue weighted by molar-refractivity contribution is 7.89. The second kappa shape index (κ2) is 9.15. The number of morpholine rings is 1. The highest BCUT2D eigenvalue weighted by atomic mass is 32.2. The predicted octanol–water partition coefficient (Wildman–Crippen LogP) is 2.14. The predicted molar refractivity (Wildman–Crippen MR) is 122 cm³/mol. The molecule has 0 saturated carbocycles. The fourth-order valence-corrected chi connectivity index (χ4v) is 4.35. The minimum atomic E-state index is -3.63.